The smallest absolute Gasteiger partial charge is 0.342 e. The molecule has 2 rings (SSSR count). The molecule has 0 saturated carbocycles. The first kappa shape index (κ1) is 22.8. The number of anilines is 1. The number of rotatable bonds is 8. The number of methoxy groups -OCH3 is 3. The lowest BCUT2D eigenvalue weighted by atomic mass is 10.1. The van der Waals surface area contributed by atoms with Crippen molar-refractivity contribution in [3.63, 3.8) is 0 Å². The third-order valence-corrected chi connectivity index (χ3v) is 4.31. The van der Waals surface area contributed by atoms with E-state index >= 15 is 0 Å². The van der Waals surface area contributed by atoms with Gasteiger partial charge in [0.15, 0.2) is 17.6 Å². The fourth-order valence-corrected chi connectivity index (χ4v) is 2.64. The number of hydrogen-bond acceptors (Lipinski definition) is 8. The average Bonchev–Trinajstić information content (AvgIpc) is 2.73. The van der Waals surface area contributed by atoms with Gasteiger partial charge in [0.1, 0.15) is 11.3 Å². The molecule has 0 bridgehead atoms. The summed E-state index contributed by atoms with van der Waals surface area (Å²) in [4.78, 5) is 35.1. The highest BCUT2D eigenvalue weighted by Gasteiger charge is 2.24. The maximum Gasteiger partial charge on any atom is 0.342 e. The van der Waals surface area contributed by atoms with Gasteiger partial charge in [-0.25, -0.2) is 4.79 Å². The van der Waals surface area contributed by atoms with E-state index in [1.54, 1.807) is 0 Å². The molecule has 30 heavy (non-hydrogen) atoms. The normalized spacial score (nSPS) is 11.2. The fraction of sp³-hybridized carbons (Fsp3) is 0.263. The van der Waals surface area contributed by atoms with E-state index in [2.05, 4.69) is 5.32 Å². The van der Waals surface area contributed by atoms with Crippen LogP contribution in [0.3, 0.4) is 0 Å². The average molecular weight is 439 g/mol. The lowest BCUT2D eigenvalue weighted by Crippen LogP contribution is -2.30. The summed E-state index contributed by atoms with van der Waals surface area (Å²) in [7, 11) is 4.21. The first-order valence-corrected chi connectivity index (χ1v) is 8.85. The third kappa shape index (κ3) is 5.09. The molecule has 10 nitrogen and oxygen atoms in total. The van der Waals surface area contributed by atoms with Crippen molar-refractivity contribution in [2.45, 2.75) is 13.0 Å². The highest BCUT2D eigenvalue weighted by molar-refractivity contribution is 6.34. The number of carbonyl (C=O) groups is 2. The molecule has 0 unspecified atom stereocenters. The van der Waals surface area contributed by atoms with Crippen LogP contribution in [-0.4, -0.2) is 44.2 Å². The van der Waals surface area contributed by atoms with Gasteiger partial charge in [0.2, 0.25) is 0 Å². The summed E-state index contributed by atoms with van der Waals surface area (Å²) in [5.74, 6) is -0.711. The Morgan fingerprint density at radius 1 is 1.03 bits per heavy atom. The Hall–Kier alpha value is -3.53. The minimum Gasteiger partial charge on any atom is -0.496 e. The monoisotopic (exact) mass is 438 g/mol. The van der Waals surface area contributed by atoms with E-state index in [9.17, 15) is 19.7 Å². The van der Waals surface area contributed by atoms with Crippen molar-refractivity contribution in [3.05, 3.63) is 51.0 Å². The molecule has 0 radical (unpaired) electrons. The Labute approximate surface area is 176 Å². The number of carbonyl (C=O) groups excluding carboxylic acids is 2. The molecule has 0 fully saturated rings. The first-order chi connectivity index (χ1) is 14.2. The number of nitrogens with zero attached hydrogens (tertiary/aromatic N) is 1. The van der Waals surface area contributed by atoms with E-state index in [1.807, 2.05) is 0 Å². The summed E-state index contributed by atoms with van der Waals surface area (Å²) < 4.78 is 20.7. The molecule has 0 spiro atoms. The minimum absolute atomic E-state index is 0.0300. The van der Waals surface area contributed by atoms with E-state index < -0.39 is 22.9 Å². The summed E-state index contributed by atoms with van der Waals surface area (Å²) >= 11 is 5.96. The van der Waals surface area contributed by atoms with Crippen LogP contribution in [0.25, 0.3) is 0 Å². The summed E-state index contributed by atoms with van der Waals surface area (Å²) in [6.45, 7) is 1.36. The predicted octanol–water partition coefficient (Wildman–Crippen LogP) is 3.46. The van der Waals surface area contributed by atoms with Crippen molar-refractivity contribution in [2.75, 3.05) is 26.6 Å². The van der Waals surface area contributed by atoms with Gasteiger partial charge in [-0.05, 0) is 13.0 Å². The Balaban J connectivity index is 2.15. The Morgan fingerprint density at radius 2 is 1.63 bits per heavy atom. The lowest BCUT2D eigenvalue weighted by molar-refractivity contribution is -0.384. The minimum atomic E-state index is -1.21. The third-order valence-electron chi connectivity index (χ3n) is 4.00. The number of hydrogen-bond donors (Lipinski definition) is 1. The van der Waals surface area contributed by atoms with E-state index in [1.165, 1.54) is 52.5 Å². The van der Waals surface area contributed by atoms with Gasteiger partial charge in [0.05, 0.1) is 37.0 Å². The number of nitrogens with one attached hydrogen (secondary N) is 1. The van der Waals surface area contributed by atoms with Crippen molar-refractivity contribution in [1.29, 1.82) is 0 Å². The summed E-state index contributed by atoms with van der Waals surface area (Å²) in [5, 5.41) is 13.2. The quantitative estimate of drug-likeness (QED) is 0.377. The number of amides is 1. The zero-order chi connectivity index (χ0) is 22.4. The van der Waals surface area contributed by atoms with Crippen molar-refractivity contribution in [2.24, 2.45) is 0 Å². The molecular formula is C19H19ClN2O8. The van der Waals surface area contributed by atoms with Crippen LogP contribution in [0.1, 0.15) is 17.3 Å². The van der Waals surface area contributed by atoms with Crippen molar-refractivity contribution < 1.29 is 33.5 Å². The van der Waals surface area contributed by atoms with Gasteiger partial charge >= 0.3 is 5.97 Å². The van der Waals surface area contributed by atoms with E-state index in [0.717, 1.165) is 6.07 Å². The predicted molar refractivity (Wildman–Crippen MR) is 108 cm³/mol. The summed E-state index contributed by atoms with van der Waals surface area (Å²) in [6.07, 6.45) is -1.21. The second kappa shape index (κ2) is 9.79. The molecule has 0 aliphatic heterocycles. The molecular weight excluding hydrogens is 420 g/mol. The number of halogens is 1. The van der Waals surface area contributed by atoms with Gasteiger partial charge in [-0.2, -0.15) is 0 Å². The maximum absolute atomic E-state index is 12.6. The Morgan fingerprint density at radius 3 is 2.17 bits per heavy atom. The number of ether oxygens (including phenoxy) is 4. The molecule has 0 aliphatic carbocycles. The molecule has 1 atom stereocenters. The molecule has 160 valence electrons. The molecule has 1 N–H and O–H groups in total. The van der Waals surface area contributed by atoms with Gasteiger partial charge in [0, 0.05) is 24.3 Å². The van der Waals surface area contributed by atoms with Crippen LogP contribution < -0.4 is 19.5 Å². The number of esters is 1. The van der Waals surface area contributed by atoms with Crippen LogP contribution in [0.5, 0.6) is 17.2 Å². The largest absolute Gasteiger partial charge is 0.496 e. The molecule has 0 heterocycles. The molecule has 11 heteroatoms. The standard InChI is InChI=1S/C19H19ClN2O8/c1-10(18(23)21-14-6-5-11(22(25)26)7-13(14)20)30-19(24)12-8-16(28-3)17(29-4)9-15(12)27-2/h5-10H,1-4H3,(H,21,23)/t10-/m0/s1. The van der Waals surface area contributed by atoms with Crippen LogP contribution in [0.2, 0.25) is 5.02 Å². The van der Waals surface area contributed by atoms with Gasteiger partial charge in [-0.1, -0.05) is 11.6 Å². The number of benzene rings is 2. The number of non-ortho nitro benzene ring substituents is 1. The first-order valence-electron chi connectivity index (χ1n) is 8.47. The Kier molecular flexibility index (Phi) is 7.43. The van der Waals surface area contributed by atoms with Crippen LogP contribution in [0, 0.1) is 10.1 Å². The highest BCUT2D eigenvalue weighted by Crippen LogP contribution is 2.35. The van der Waals surface area contributed by atoms with Gasteiger partial charge in [-0.15, -0.1) is 0 Å². The van der Waals surface area contributed by atoms with Crippen LogP contribution >= 0.6 is 11.6 Å². The van der Waals surface area contributed by atoms with Gasteiger partial charge < -0.3 is 24.3 Å². The molecule has 0 saturated heterocycles. The van der Waals surface area contributed by atoms with Crippen LogP contribution in [-0.2, 0) is 9.53 Å². The second-order valence-corrected chi connectivity index (χ2v) is 6.27. The second-order valence-electron chi connectivity index (χ2n) is 5.87. The fourth-order valence-electron chi connectivity index (χ4n) is 2.42. The topological polar surface area (TPSA) is 126 Å². The summed E-state index contributed by atoms with van der Waals surface area (Å²) in [6, 6.07) is 6.40. The molecule has 1 amide bonds. The zero-order valence-electron chi connectivity index (χ0n) is 16.6. The van der Waals surface area contributed by atoms with Crippen LogP contribution in [0.15, 0.2) is 30.3 Å². The van der Waals surface area contributed by atoms with Crippen molar-refractivity contribution >= 4 is 34.9 Å². The number of nitro benzene ring substituents is 1. The van der Waals surface area contributed by atoms with Crippen molar-refractivity contribution in [1.82, 2.24) is 0 Å². The van der Waals surface area contributed by atoms with E-state index in [-0.39, 0.29) is 33.5 Å². The Bertz CT molecular complexity index is 979. The van der Waals surface area contributed by atoms with Crippen molar-refractivity contribution in [3.8, 4) is 17.2 Å². The highest BCUT2D eigenvalue weighted by atomic mass is 35.5. The van der Waals surface area contributed by atoms with E-state index in [4.69, 9.17) is 30.5 Å². The number of nitro groups is 1. The van der Waals surface area contributed by atoms with Crippen LogP contribution in [0.4, 0.5) is 11.4 Å². The van der Waals surface area contributed by atoms with Gasteiger partial charge in [-0.3, -0.25) is 14.9 Å². The van der Waals surface area contributed by atoms with E-state index in [0.29, 0.717) is 5.75 Å². The van der Waals surface area contributed by atoms with Gasteiger partial charge in [0.25, 0.3) is 11.6 Å². The molecule has 0 aliphatic rings. The maximum atomic E-state index is 12.6. The lowest BCUT2D eigenvalue weighted by Gasteiger charge is -2.17. The zero-order valence-corrected chi connectivity index (χ0v) is 17.3. The molecule has 0 aromatic heterocycles. The molecule has 2 aromatic rings. The SMILES string of the molecule is COc1cc(OC)c(C(=O)O[C@@H](C)C(=O)Nc2ccc([N+](=O)[O-])cc2Cl)cc1OC. The summed E-state index contributed by atoms with van der Waals surface area (Å²) in [5.41, 5.74) is -0.0555. The molecule has 2 aromatic carbocycles.